The molecule has 1 aromatic rings. The van der Waals surface area contributed by atoms with Gasteiger partial charge in [-0.25, -0.2) is 4.79 Å². The number of carbonyl (C=O) groups is 1. The van der Waals surface area contributed by atoms with Gasteiger partial charge in [0, 0.05) is 12.6 Å². The van der Waals surface area contributed by atoms with Crippen molar-refractivity contribution in [3.05, 3.63) is 23.8 Å². The van der Waals surface area contributed by atoms with Crippen molar-refractivity contribution in [1.29, 1.82) is 0 Å². The van der Waals surface area contributed by atoms with Gasteiger partial charge < -0.3 is 20.9 Å². The molecule has 0 spiro atoms. The number of nitrogens with one attached hydrogen (secondary N) is 1. The monoisotopic (exact) mass is 250 g/mol. The smallest absolute Gasteiger partial charge is 0.337 e. The Morgan fingerprint density at radius 1 is 1.61 bits per heavy atom. The summed E-state index contributed by atoms with van der Waals surface area (Å²) in [6.07, 6.45) is 2.26. The van der Waals surface area contributed by atoms with Gasteiger partial charge in [-0.05, 0) is 31.9 Å². The van der Waals surface area contributed by atoms with E-state index in [1.807, 2.05) is 6.92 Å². The predicted molar refractivity (Wildman–Crippen MR) is 69.9 cm³/mol. The third kappa shape index (κ3) is 2.56. The van der Waals surface area contributed by atoms with E-state index in [0.29, 0.717) is 5.69 Å². The molecule has 2 unspecified atom stereocenters. The zero-order chi connectivity index (χ0) is 13.1. The van der Waals surface area contributed by atoms with Crippen LogP contribution in [0.4, 0.5) is 11.4 Å². The van der Waals surface area contributed by atoms with Gasteiger partial charge in [-0.1, -0.05) is 6.07 Å². The van der Waals surface area contributed by atoms with E-state index < -0.39 is 5.97 Å². The lowest BCUT2D eigenvalue weighted by atomic mass is 10.1. The van der Waals surface area contributed by atoms with Crippen LogP contribution >= 0.6 is 0 Å². The van der Waals surface area contributed by atoms with Crippen LogP contribution in [0.15, 0.2) is 18.2 Å². The fourth-order valence-corrected chi connectivity index (χ4v) is 2.21. The molecular formula is C13H18N2O3. The third-order valence-corrected chi connectivity index (χ3v) is 3.24. The summed E-state index contributed by atoms with van der Waals surface area (Å²) in [5, 5.41) is 12.2. The number of hydrogen-bond acceptors (Lipinski definition) is 4. The topological polar surface area (TPSA) is 84.6 Å². The Kier molecular flexibility index (Phi) is 3.72. The molecule has 0 bridgehead atoms. The van der Waals surface area contributed by atoms with Crippen LogP contribution < -0.4 is 11.1 Å². The molecule has 5 nitrogen and oxygen atoms in total. The standard InChI is InChI=1S/C13H18N2O3/c1-8(11-6-3-7-18-11)15-10-5-2-4-9(12(10)14)13(16)17/h2,4-5,8,11,15H,3,6-7,14H2,1H3,(H,16,17). The van der Waals surface area contributed by atoms with Crippen LogP contribution in [0, 0.1) is 0 Å². The van der Waals surface area contributed by atoms with Gasteiger partial charge in [0.2, 0.25) is 0 Å². The average molecular weight is 250 g/mol. The molecule has 1 aliphatic rings. The molecule has 0 aliphatic carbocycles. The van der Waals surface area contributed by atoms with E-state index in [2.05, 4.69) is 5.32 Å². The maximum Gasteiger partial charge on any atom is 0.337 e. The van der Waals surface area contributed by atoms with Gasteiger partial charge in [0.1, 0.15) is 0 Å². The van der Waals surface area contributed by atoms with Crippen LogP contribution in [0.1, 0.15) is 30.1 Å². The zero-order valence-electron chi connectivity index (χ0n) is 10.3. The van der Waals surface area contributed by atoms with Crippen molar-refractivity contribution in [3.63, 3.8) is 0 Å². The first-order valence-corrected chi connectivity index (χ1v) is 6.09. The highest BCUT2D eigenvalue weighted by atomic mass is 16.5. The minimum absolute atomic E-state index is 0.110. The Bertz CT molecular complexity index is 442. The summed E-state index contributed by atoms with van der Waals surface area (Å²) in [5.41, 5.74) is 6.90. The highest BCUT2D eigenvalue weighted by Gasteiger charge is 2.23. The Balaban J connectivity index is 2.13. The van der Waals surface area contributed by atoms with E-state index in [0.717, 1.165) is 19.4 Å². The summed E-state index contributed by atoms with van der Waals surface area (Å²) < 4.78 is 5.58. The van der Waals surface area contributed by atoms with E-state index >= 15 is 0 Å². The largest absolute Gasteiger partial charge is 0.478 e. The second-order valence-electron chi connectivity index (χ2n) is 4.56. The molecule has 2 rings (SSSR count). The van der Waals surface area contributed by atoms with Crippen LogP contribution in [0.3, 0.4) is 0 Å². The van der Waals surface area contributed by atoms with Crippen LogP contribution in [-0.2, 0) is 4.74 Å². The van der Waals surface area contributed by atoms with Crippen molar-refractivity contribution in [2.75, 3.05) is 17.7 Å². The number of carboxylic acids is 1. The molecule has 1 fully saturated rings. The zero-order valence-corrected chi connectivity index (χ0v) is 10.3. The van der Waals surface area contributed by atoms with Crippen LogP contribution in [0.2, 0.25) is 0 Å². The molecule has 4 N–H and O–H groups in total. The van der Waals surface area contributed by atoms with Crippen molar-refractivity contribution in [2.45, 2.75) is 31.9 Å². The summed E-state index contributed by atoms with van der Waals surface area (Å²) in [6, 6.07) is 5.08. The maximum absolute atomic E-state index is 11.0. The normalized spacial score (nSPS) is 20.6. The quantitative estimate of drug-likeness (QED) is 0.711. The molecule has 0 radical (unpaired) electrons. The van der Waals surface area contributed by atoms with Crippen molar-refractivity contribution in [3.8, 4) is 0 Å². The molecule has 0 saturated carbocycles. The second kappa shape index (κ2) is 5.27. The number of carboxylic acid groups (broad SMARTS) is 1. The van der Waals surface area contributed by atoms with Gasteiger partial charge in [0.15, 0.2) is 0 Å². The number of benzene rings is 1. The van der Waals surface area contributed by atoms with E-state index in [-0.39, 0.29) is 23.4 Å². The lowest BCUT2D eigenvalue weighted by Gasteiger charge is -2.22. The molecule has 0 amide bonds. The summed E-state index contributed by atoms with van der Waals surface area (Å²) in [4.78, 5) is 11.0. The van der Waals surface area contributed by atoms with E-state index in [9.17, 15) is 4.79 Å². The molecule has 98 valence electrons. The summed E-state index contributed by atoms with van der Waals surface area (Å²) in [7, 11) is 0. The fourth-order valence-electron chi connectivity index (χ4n) is 2.21. The summed E-state index contributed by atoms with van der Waals surface area (Å²) >= 11 is 0. The van der Waals surface area contributed by atoms with Gasteiger partial charge >= 0.3 is 5.97 Å². The van der Waals surface area contributed by atoms with E-state index in [4.69, 9.17) is 15.6 Å². The van der Waals surface area contributed by atoms with Crippen LogP contribution in [0.25, 0.3) is 0 Å². The van der Waals surface area contributed by atoms with Crippen molar-refractivity contribution in [1.82, 2.24) is 0 Å². The van der Waals surface area contributed by atoms with Gasteiger partial charge in [-0.2, -0.15) is 0 Å². The number of rotatable bonds is 4. The average Bonchev–Trinajstić information content (AvgIpc) is 2.85. The van der Waals surface area contributed by atoms with Crippen molar-refractivity contribution < 1.29 is 14.6 Å². The Morgan fingerprint density at radius 2 is 2.39 bits per heavy atom. The van der Waals surface area contributed by atoms with E-state index in [1.165, 1.54) is 6.07 Å². The Hall–Kier alpha value is -1.75. The molecule has 18 heavy (non-hydrogen) atoms. The minimum Gasteiger partial charge on any atom is -0.478 e. The predicted octanol–water partition coefficient (Wildman–Crippen LogP) is 1.95. The van der Waals surface area contributed by atoms with Crippen molar-refractivity contribution in [2.24, 2.45) is 0 Å². The number of aromatic carboxylic acids is 1. The number of anilines is 2. The van der Waals surface area contributed by atoms with Crippen LogP contribution in [-0.4, -0.2) is 29.8 Å². The first-order valence-electron chi connectivity index (χ1n) is 6.09. The molecular weight excluding hydrogens is 232 g/mol. The van der Waals surface area contributed by atoms with E-state index in [1.54, 1.807) is 12.1 Å². The number of hydrogen-bond donors (Lipinski definition) is 3. The lowest BCUT2D eigenvalue weighted by molar-refractivity contribution is 0.0698. The fraction of sp³-hybridized carbons (Fsp3) is 0.462. The molecule has 1 saturated heterocycles. The molecule has 2 atom stereocenters. The molecule has 5 heteroatoms. The SMILES string of the molecule is CC(Nc1cccc(C(=O)O)c1N)C1CCCO1. The van der Waals surface area contributed by atoms with Gasteiger partial charge in [0.25, 0.3) is 0 Å². The van der Waals surface area contributed by atoms with Gasteiger partial charge in [0.05, 0.1) is 23.0 Å². The minimum atomic E-state index is -1.01. The van der Waals surface area contributed by atoms with Gasteiger partial charge in [-0.15, -0.1) is 0 Å². The molecule has 1 heterocycles. The maximum atomic E-state index is 11.0. The lowest BCUT2D eigenvalue weighted by Crippen LogP contribution is -2.30. The number of ether oxygens (including phenoxy) is 1. The number of para-hydroxylation sites is 1. The molecule has 0 aromatic heterocycles. The number of nitrogens with two attached hydrogens (primary N) is 1. The summed E-state index contributed by atoms with van der Waals surface area (Å²) in [6.45, 7) is 2.81. The highest BCUT2D eigenvalue weighted by Crippen LogP contribution is 2.25. The summed E-state index contributed by atoms with van der Waals surface area (Å²) in [5.74, 6) is -1.01. The Morgan fingerprint density at radius 3 is 3.00 bits per heavy atom. The molecule has 1 aliphatic heterocycles. The van der Waals surface area contributed by atoms with Gasteiger partial charge in [-0.3, -0.25) is 0 Å². The molecule has 1 aromatic carbocycles. The van der Waals surface area contributed by atoms with Crippen molar-refractivity contribution >= 4 is 17.3 Å². The number of nitrogen functional groups attached to an aromatic ring is 1. The van der Waals surface area contributed by atoms with Crippen LogP contribution in [0.5, 0.6) is 0 Å². The third-order valence-electron chi connectivity index (χ3n) is 3.24. The highest BCUT2D eigenvalue weighted by molar-refractivity contribution is 5.97. The second-order valence-corrected chi connectivity index (χ2v) is 4.56. The Labute approximate surface area is 106 Å². The first kappa shape index (κ1) is 12.7. The first-order chi connectivity index (χ1) is 8.59.